The van der Waals surface area contributed by atoms with Gasteiger partial charge in [-0.15, -0.1) is 0 Å². The molecule has 144 valence electrons. The molecule has 1 aromatic carbocycles. The lowest BCUT2D eigenvalue weighted by Gasteiger charge is -2.28. The molecule has 0 aliphatic carbocycles. The van der Waals surface area contributed by atoms with Crippen molar-refractivity contribution in [3.63, 3.8) is 0 Å². The molecule has 1 atom stereocenters. The lowest BCUT2D eigenvalue weighted by Crippen LogP contribution is -2.52. The van der Waals surface area contributed by atoms with E-state index >= 15 is 0 Å². The topological polar surface area (TPSA) is 93.7 Å². The Kier molecular flexibility index (Phi) is 7.18. The van der Waals surface area contributed by atoms with Gasteiger partial charge in [-0.1, -0.05) is 30.3 Å². The standard InChI is InChI=1S/C19H28N2O5/c1-13(21-17(24)25-12-14-10-8-7-9-11-14)20-15(22)19(5,6)16(23)26-18(2,3)4/h7-11,13H,12H2,1-6H3,(H,20,22)(H,21,24). The number of esters is 1. The molecule has 0 aliphatic heterocycles. The zero-order valence-corrected chi connectivity index (χ0v) is 16.2. The minimum Gasteiger partial charge on any atom is -0.459 e. The first-order valence-corrected chi connectivity index (χ1v) is 8.43. The van der Waals surface area contributed by atoms with Crippen LogP contribution < -0.4 is 10.6 Å². The predicted molar refractivity (Wildman–Crippen MR) is 97.0 cm³/mol. The molecule has 1 rings (SSSR count). The van der Waals surface area contributed by atoms with Gasteiger partial charge >= 0.3 is 12.1 Å². The van der Waals surface area contributed by atoms with Gasteiger partial charge in [-0.3, -0.25) is 9.59 Å². The van der Waals surface area contributed by atoms with E-state index in [0.717, 1.165) is 5.56 Å². The molecule has 0 saturated carbocycles. The third-order valence-corrected chi connectivity index (χ3v) is 3.37. The first kappa shape index (κ1) is 21.5. The average molecular weight is 364 g/mol. The molecule has 0 saturated heterocycles. The fourth-order valence-corrected chi connectivity index (χ4v) is 1.85. The predicted octanol–water partition coefficient (Wildman–Crippen LogP) is 2.74. The lowest BCUT2D eigenvalue weighted by atomic mass is 9.92. The average Bonchev–Trinajstić information content (AvgIpc) is 2.52. The van der Waals surface area contributed by atoms with Crippen molar-refractivity contribution in [2.45, 2.75) is 59.9 Å². The third kappa shape index (κ3) is 7.13. The summed E-state index contributed by atoms with van der Waals surface area (Å²) in [6, 6.07) is 9.23. The molecule has 0 fully saturated rings. The van der Waals surface area contributed by atoms with Crippen LogP contribution in [0.4, 0.5) is 4.79 Å². The first-order valence-electron chi connectivity index (χ1n) is 8.43. The van der Waals surface area contributed by atoms with Crippen LogP contribution in [0.15, 0.2) is 30.3 Å². The van der Waals surface area contributed by atoms with Crippen molar-refractivity contribution in [2.24, 2.45) is 5.41 Å². The quantitative estimate of drug-likeness (QED) is 0.460. The number of alkyl carbamates (subject to hydrolysis) is 1. The third-order valence-electron chi connectivity index (χ3n) is 3.37. The molecule has 2 N–H and O–H groups in total. The number of nitrogens with one attached hydrogen (secondary N) is 2. The summed E-state index contributed by atoms with van der Waals surface area (Å²) >= 11 is 0. The molecule has 1 unspecified atom stereocenters. The van der Waals surface area contributed by atoms with E-state index in [1.54, 1.807) is 27.7 Å². The molecular weight excluding hydrogens is 336 g/mol. The normalized spacial score (nSPS) is 12.7. The van der Waals surface area contributed by atoms with Crippen molar-refractivity contribution >= 4 is 18.0 Å². The highest BCUT2D eigenvalue weighted by atomic mass is 16.6. The van der Waals surface area contributed by atoms with E-state index in [2.05, 4.69) is 10.6 Å². The van der Waals surface area contributed by atoms with Crippen molar-refractivity contribution in [1.82, 2.24) is 10.6 Å². The molecule has 7 nitrogen and oxygen atoms in total. The highest BCUT2D eigenvalue weighted by Crippen LogP contribution is 2.21. The minimum absolute atomic E-state index is 0.122. The molecule has 26 heavy (non-hydrogen) atoms. The van der Waals surface area contributed by atoms with Crippen molar-refractivity contribution in [3.8, 4) is 0 Å². The Morgan fingerprint density at radius 3 is 2.12 bits per heavy atom. The molecule has 0 aliphatic rings. The monoisotopic (exact) mass is 364 g/mol. The summed E-state index contributed by atoms with van der Waals surface area (Å²) in [5, 5.41) is 5.06. The van der Waals surface area contributed by atoms with E-state index in [1.165, 1.54) is 13.8 Å². The van der Waals surface area contributed by atoms with E-state index in [0.29, 0.717) is 0 Å². The maximum absolute atomic E-state index is 12.4. The molecule has 0 radical (unpaired) electrons. The Morgan fingerprint density at radius 2 is 1.58 bits per heavy atom. The van der Waals surface area contributed by atoms with Crippen LogP contribution in [-0.4, -0.2) is 29.7 Å². The van der Waals surface area contributed by atoms with Gasteiger partial charge in [0.25, 0.3) is 0 Å². The smallest absolute Gasteiger partial charge is 0.409 e. The number of benzene rings is 1. The molecule has 0 spiro atoms. The maximum Gasteiger partial charge on any atom is 0.409 e. The second-order valence-electron chi connectivity index (χ2n) is 7.53. The molecular formula is C19H28N2O5. The van der Waals surface area contributed by atoms with Gasteiger partial charge in [0.1, 0.15) is 23.8 Å². The Hall–Kier alpha value is -2.57. The Balaban J connectivity index is 2.50. The van der Waals surface area contributed by atoms with Crippen LogP contribution in [-0.2, 0) is 25.7 Å². The van der Waals surface area contributed by atoms with Crippen LogP contribution in [0.25, 0.3) is 0 Å². The molecule has 1 aromatic rings. The van der Waals surface area contributed by atoms with Crippen molar-refractivity contribution in [3.05, 3.63) is 35.9 Å². The van der Waals surface area contributed by atoms with Gasteiger partial charge in [0.15, 0.2) is 0 Å². The highest BCUT2D eigenvalue weighted by molar-refractivity contribution is 6.02. The van der Waals surface area contributed by atoms with Crippen molar-refractivity contribution in [2.75, 3.05) is 0 Å². The fraction of sp³-hybridized carbons (Fsp3) is 0.526. The molecule has 0 heterocycles. The Labute approximate surface area is 154 Å². The number of ether oxygens (including phenoxy) is 2. The van der Waals surface area contributed by atoms with Gasteiger partial charge in [-0.2, -0.15) is 0 Å². The SMILES string of the molecule is CC(NC(=O)OCc1ccccc1)NC(=O)C(C)(C)C(=O)OC(C)(C)C. The van der Waals surface area contributed by atoms with Crippen LogP contribution in [0.5, 0.6) is 0 Å². The van der Waals surface area contributed by atoms with E-state index in [9.17, 15) is 14.4 Å². The second kappa shape index (κ2) is 8.69. The summed E-state index contributed by atoms with van der Waals surface area (Å²) in [7, 11) is 0. The van der Waals surface area contributed by atoms with Crippen LogP contribution in [0, 0.1) is 5.41 Å². The van der Waals surface area contributed by atoms with Gasteiger partial charge in [0.05, 0.1) is 0 Å². The molecule has 0 bridgehead atoms. The maximum atomic E-state index is 12.4. The van der Waals surface area contributed by atoms with Crippen LogP contribution >= 0.6 is 0 Å². The van der Waals surface area contributed by atoms with Crippen molar-refractivity contribution in [1.29, 1.82) is 0 Å². The lowest BCUT2D eigenvalue weighted by molar-refractivity contribution is -0.168. The largest absolute Gasteiger partial charge is 0.459 e. The van der Waals surface area contributed by atoms with E-state index < -0.39 is 35.2 Å². The number of rotatable bonds is 6. The minimum atomic E-state index is -1.39. The zero-order chi connectivity index (χ0) is 20.0. The van der Waals surface area contributed by atoms with Gasteiger partial charge in [0, 0.05) is 0 Å². The summed E-state index contributed by atoms with van der Waals surface area (Å²) in [6.07, 6.45) is -1.38. The van der Waals surface area contributed by atoms with E-state index in [-0.39, 0.29) is 6.61 Å². The van der Waals surface area contributed by atoms with Crippen LogP contribution in [0.3, 0.4) is 0 Å². The molecule has 0 aromatic heterocycles. The summed E-state index contributed by atoms with van der Waals surface area (Å²) < 4.78 is 10.3. The summed E-state index contributed by atoms with van der Waals surface area (Å²) in [5.41, 5.74) is -1.23. The fourth-order valence-electron chi connectivity index (χ4n) is 1.85. The molecule has 7 heteroatoms. The first-order chi connectivity index (χ1) is 11.9. The number of carbonyl (C=O) groups is 3. The summed E-state index contributed by atoms with van der Waals surface area (Å²) in [6.45, 7) is 9.82. The number of hydrogen-bond donors (Lipinski definition) is 2. The zero-order valence-electron chi connectivity index (χ0n) is 16.2. The van der Waals surface area contributed by atoms with Gasteiger partial charge in [-0.25, -0.2) is 4.79 Å². The summed E-state index contributed by atoms with van der Waals surface area (Å²) in [4.78, 5) is 36.4. The van der Waals surface area contributed by atoms with Crippen LogP contribution in [0.2, 0.25) is 0 Å². The highest BCUT2D eigenvalue weighted by Gasteiger charge is 2.40. The van der Waals surface area contributed by atoms with Crippen LogP contribution in [0.1, 0.15) is 47.1 Å². The van der Waals surface area contributed by atoms with E-state index in [4.69, 9.17) is 9.47 Å². The van der Waals surface area contributed by atoms with E-state index in [1.807, 2.05) is 30.3 Å². The van der Waals surface area contributed by atoms with Gasteiger partial charge in [-0.05, 0) is 47.1 Å². The van der Waals surface area contributed by atoms with Crippen molar-refractivity contribution < 1.29 is 23.9 Å². The summed E-state index contributed by atoms with van der Waals surface area (Å²) in [5.74, 6) is -1.19. The number of amides is 2. The number of hydrogen-bond acceptors (Lipinski definition) is 5. The van der Waals surface area contributed by atoms with Gasteiger partial charge in [0.2, 0.25) is 5.91 Å². The Morgan fingerprint density at radius 1 is 1.00 bits per heavy atom. The number of carbonyl (C=O) groups excluding carboxylic acids is 3. The van der Waals surface area contributed by atoms with Gasteiger partial charge < -0.3 is 20.1 Å². The Bertz CT molecular complexity index is 635. The second-order valence-corrected chi connectivity index (χ2v) is 7.53. The molecule has 2 amide bonds.